The van der Waals surface area contributed by atoms with Crippen molar-refractivity contribution in [3.8, 4) is 5.75 Å². The number of hydrogen-bond acceptors (Lipinski definition) is 3. The monoisotopic (exact) mass is 318 g/mol. The fourth-order valence-electron chi connectivity index (χ4n) is 2.60. The summed E-state index contributed by atoms with van der Waals surface area (Å²) in [5, 5.41) is 9.30. The average Bonchev–Trinajstić information content (AvgIpc) is 2.64. The van der Waals surface area contributed by atoms with E-state index in [2.05, 4.69) is 0 Å². The lowest BCUT2D eigenvalue weighted by atomic mass is 9.92. The van der Waals surface area contributed by atoms with Gasteiger partial charge in [0.25, 0.3) is 0 Å². The van der Waals surface area contributed by atoms with Crippen LogP contribution >= 0.6 is 0 Å². The van der Waals surface area contributed by atoms with Crippen LogP contribution in [0.3, 0.4) is 0 Å². The summed E-state index contributed by atoms with van der Waals surface area (Å²) in [5.41, 5.74) is 2.62. The third-order valence-corrected chi connectivity index (χ3v) is 3.89. The van der Waals surface area contributed by atoms with E-state index in [1.165, 1.54) is 12.1 Å². The number of phenols is 1. The Morgan fingerprint density at radius 3 is 1.79 bits per heavy atom. The molecule has 0 aliphatic carbocycles. The summed E-state index contributed by atoms with van der Waals surface area (Å²) in [5.74, 6) is -0.293. The molecule has 0 aliphatic heterocycles. The molecule has 3 aromatic carbocycles. The van der Waals surface area contributed by atoms with E-state index in [4.69, 9.17) is 4.74 Å². The van der Waals surface area contributed by atoms with Gasteiger partial charge in [-0.3, -0.25) is 0 Å². The smallest absolute Gasteiger partial charge is 0.338 e. The van der Waals surface area contributed by atoms with E-state index in [1.54, 1.807) is 12.1 Å². The Kier molecular flexibility index (Phi) is 4.92. The number of ether oxygens (including phenoxy) is 1. The fourth-order valence-corrected chi connectivity index (χ4v) is 2.60. The highest BCUT2D eigenvalue weighted by molar-refractivity contribution is 5.89. The standard InChI is InChI=1S/C21H18O3/c22-19-13-11-18(12-14-19)21(23)24-15-20(16-7-3-1-4-8-16)17-9-5-2-6-10-17/h1-14,20,22H,15H2. The Morgan fingerprint density at radius 1 is 0.792 bits per heavy atom. The summed E-state index contributed by atoms with van der Waals surface area (Å²) >= 11 is 0. The SMILES string of the molecule is O=C(OCC(c1ccccc1)c1ccccc1)c1ccc(O)cc1. The van der Waals surface area contributed by atoms with Crippen LogP contribution in [-0.2, 0) is 4.74 Å². The van der Waals surface area contributed by atoms with Crippen molar-refractivity contribution >= 4 is 5.97 Å². The van der Waals surface area contributed by atoms with Crippen molar-refractivity contribution in [2.24, 2.45) is 0 Å². The van der Waals surface area contributed by atoms with Crippen molar-refractivity contribution < 1.29 is 14.6 Å². The molecule has 0 saturated carbocycles. The molecule has 0 bridgehead atoms. The van der Waals surface area contributed by atoms with Crippen molar-refractivity contribution in [3.63, 3.8) is 0 Å². The first kappa shape index (κ1) is 15.8. The van der Waals surface area contributed by atoms with Gasteiger partial charge in [-0.2, -0.15) is 0 Å². The Bertz CT molecular complexity index is 741. The average molecular weight is 318 g/mol. The van der Waals surface area contributed by atoms with Gasteiger partial charge in [0.2, 0.25) is 0 Å². The molecule has 0 amide bonds. The molecule has 0 saturated heterocycles. The first-order chi connectivity index (χ1) is 11.7. The van der Waals surface area contributed by atoms with E-state index >= 15 is 0 Å². The fraction of sp³-hybridized carbons (Fsp3) is 0.0952. The van der Waals surface area contributed by atoms with Crippen LogP contribution in [0.2, 0.25) is 0 Å². The van der Waals surface area contributed by atoms with Crippen LogP contribution in [0.5, 0.6) is 5.75 Å². The minimum atomic E-state index is -0.396. The van der Waals surface area contributed by atoms with Gasteiger partial charge in [0.1, 0.15) is 12.4 Å². The second-order valence-electron chi connectivity index (χ2n) is 5.52. The van der Waals surface area contributed by atoms with Crippen molar-refractivity contribution in [1.29, 1.82) is 0 Å². The molecule has 3 rings (SSSR count). The van der Waals surface area contributed by atoms with Gasteiger partial charge in [-0.25, -0.2) is 4.79 Å². The largest absolute Gasteiger partial charge is 0.508 e. The summed E-state index contributed by atoms with van der Waals surface area (Å²) in [6.45, 7) is 0.258. The summed E-state index contributed by atoms with van der Waals surface area (Å²) in [4.78, 5) is 12.2. The van der Waals surface area contributed by atoms with Crippen molar-refractivity contribution in [3.05, 3.63) is 102 Å². The Labute approximate surface area is 141 Å². The lowest BCUT2D eigenvalue weighted by Crippen LogP contribution is -2.14. The van der Waals surface area contributed by atoms with Gasteiger partial charge in [-0.05, 0) is 35.4 Å². The van der Waals surface area contributed by atoms with Crippen LogP contribution in [-0.4, -0.2) is 17.7 Å². The third kappa shape index (κ3) is 3.82. The highest BCUT2D eigenvalue weighted by Crippen LogP contribution is 2.25. The zero-order valence-electron chi connectivity index (χ0n) is 13.1. The molecule has 0 aromatic heterocycles. The van der Waals surface area contributed by atoms with Crippen molar-refractivity contribution in [1.82, 2.24) is 0 Å². The maximum absolute atomic E-state index is 12.2. The molecule has 120 valence electrons. The molecule has 0 radical (unpaired) electrons. The molecule has 1 N–H and O–H groups in total. The number of esters is 1. The number of phenolic OH excluding ortho intramolecular Hbond substituents is 1. The maximum Gasteiger partial charge on any atom is 0.338 e. The molecular weight excluding hydrogens is 300 g/mol. The van der Waals surface area contributed by atoms with Gasteiger partial charge in [0.15, 0.2) is 0 Å². The maximum atomic E-state index is 12.2. The van der Waals surface area contributed by atoms with Crippen LogP contribution in [0.1, 0.15) is 27.4 Å². The minimum absolute atomic E-state index is 0.0199. The lowest BCUT2D eigenvalue weighted by Gasteiger charge is -2.18. The minimum Gasteiger partial charge on any atom is -0.508 e. The van der Waals surface area contributed by atoms with Crippen LogP contribution in [0.25, 0.3) is 0 Å². The van der Waals surface area contributed by atoms with Crippen LogP contribution in [0, 0.1) is 0 Å². The Morgan fingerprint density at radius 2 is 1.29 bits per heavy atom. The first-order valence-corrected chi connectivity index (χ1v) is 7.80. The molecule has 3 nitrogen and oxygen atoms in total. The van der Waals surface area contributed by atoms with Crippen molar-refractivity contribution in [2.45, 2.75) is 5.92 Å². The summed E-state index contributed by atoms with van der Waals surface area (Å²) in [7, 11) is 0. The molecule has 0 heterocycles. The summed E-state index contributed by atoms with van der Waals surface area (Å²) in [6, 6.07) is 26.0. The van der Waals surface area contributed by atoms with Gasteiger partial charge in [0.05, 0.1) is 5.56 Å². The van der Waals surface area contributed by atoms with E-state index in [-0.39, 0.29) is 18.3 Å². The summed E-state index contributed by atoms with van der Waals surface area (Å²) < 4.78 is 5.52. The van der Waals surface area contributed by atoms with Gasteiger partial charge in [-0.15, -0.1) is 0 Å². The molecule has 0 aliphatic rings. The predicted octanol–water partition coefficient (Wildman–Crippen LogP) is 4.38. The molecule has 0 fully saturated rings. The van der Waals surface area contributed by atoms with Crippen LogP contribution < -0.4 is 0 Å². The molecule has 0 unspecified atom stereocenters. The van der Waals surface area contributed by atoms with E-state index < -0.39 is 5.97 Å². The number of carbonyl (C=O) groups excluding carboxylic acids is 1. The van der Waals surface area contributed by atoms with Crippen LogP contribution in [0.4, 0.5) is 0 Å². The molecule has 3 aromatic rings. The number of benzene rings is 3. The zero-order chi connectivity index (χ0) is 16.8. The molecule has 24 heavy (non-hydrogen) atoms. The van der Waals surface area contributed by atoms with E-state index in [9.17, 15) is 9.90 Å². The number of hydrogen-bond donors (Lipinski definition) is 1. The lowest BCUT2D eigenvalue weighted by molar-refractivity contribution is 0.0492. The number of rotatable bonds is 5. The normalized spacial score (nSPS) is 10.5. The van der Waals surface area contributed by atoms with Gasteiger partial charge >= 0.3 is 5.97 Å². The quantitative estimate of drug-likeness (QED) is 0.710. The highest BCUT2D eigenvalue weighted by Gasteiger charge is 2.17. The molecule has 0 spiro atoms. The second kappa shape index (κ2) is 7.47. The van der Waals surface area contributed by atoms with E-state index in [1.807, 2.05) is 60.7 Å². The highest BCUT2D eigenvalue weighted by atomic mass is 16.5. The predicted molar refractivity (Wildman–Crippen MR) is 93.1 cm³/mol. The first-order valence-electron chi connectivity index (χ1n) is 7.80. The number of carbonyl (C=O) groups is 1. The molecule has 3 heteroatoms. The molecular formula is C21H18O3. The van der Waals surface area contributed by atoms with Crippen molar-refractivity contribution in [2.75, 3.05) is 6.61 Å². The number of aromatic hydroxyl groups is 1. The second-order valence-corrected chi connectivity index (χ2v) is 5.52. The molecule has 0 atom stereocenters. The zero-order valence-corrected chi connectivity index (χ0v) is 13.1. The van der Waals surface area contributed by atoms with Crippen LogP contribution in [0.15, 0.2) is 84.9 Å². The van der Waals surface area contributed by atoms with Gasteiger partial charge < -0.3 is 9.84 Å². The van der Waals surface area contributed by atoms with Gasteiger partial charge in [-0.1, -0.05) is 60.7 Å². The van der Waals surface area contributed by atoms with E-state index in [0.29, 0.717) is 5.56 Å². The van der Waals surface area contributed by atoms with Gasteiger partial charge in [0, 0.05) is 5.92 Å². The summed E-state index contributed by atoms with van der Waals surface area (Å²) in [6.07, 6.45) is 0. The Balaban J connectivity index is 1.77. The van der Waals surface area contributed by atoms with E-state index in [0.717, 1.165) is 11.1 Å². The topological polar surface area (TPSA) is 46.5 Å². The third-order valence-electron chi connectivity index (χ3n) is 3.89. The Hall–Kier alpha value is -3.07.